The first-order valence-corrected chi connectivity index (χ1v) is 4.90. The van der Waals surface area contributed by atoms with Crippen LogP contribution in [0.25, 0.3) is 0 Å². The first-order valence-electron chi connectivity index (χ1n) is 4.90. The minimum absolute atomic E-state index is 0.130. The van der Waals surface area contributed by atoms with Gasteiger partial charge in [-0.05, 0) is 37.1 Å². The number of phenolic OH excluding ortho intramolecular Hbond substituents is 1. The molecule has 1 aromatic carbocycles. The van der Waals surface area contributed by atoms with E-state index in [1.54, 1.807) is 18.2 Å². The van der Waals surface area contributed by atoms with Gasteiger partial charge in [-0.1, -0.05) is 12.1 Å². The Kier molecular flexibility index (Phi) is 2.42. The van der Waals surface area contributed by atoms with Crippen LogP contribution in [0.4, 0.5) is 4.39 Å². The van der Waals surface area contributed by atoms with Crippen LogP contribution in [0, 0.1) is 0 Å². The number of rotatable bonds is 1. The highest BCUT2D eigenvalue weighted by Crippen LogP contribution is 2.33. The molecule has 1 aromatic rings. The van der Waals surface area contributed by atoms with Gasteiger partial charge in [0.05, 0.1) is 0 Å². The molecular formula is C11H14FNO. The fourth-order valence-corrected chi connectivity index (χ4v) is 1.90. The van der Waals surface area contributed by atoms with Crippen molar-refractivity contribution in [1.29, 1.82) is 0 Å². The smallest absolute Gasteiger partial charge is 0.148 e. The van der Waals surface area contributed by atoms with Crippen LogP contribution in [0.2, 0.25) is 0 Å². The Hall–Kier alpha value is -1.09. The minimum atomic E-state index is -1.31. The molecule has 1 aliphatic heterocycles. The average Bonchev–Trinajstić information content (AvgIpc) is 2.19. The van der Waals surface area contributed by atoms with Gasteiger partial charge in [0.1, 0.15) is 11.4 Å². The molecule has 3 heteroatoms. The lowest BCUT2D eigenvalue weighted by Gasteiger charge is -2.30. The molecule has 0 saturated carbocycles. The summed E-state index contributed by atoms with van der Waals surface area (Å²) in [6, 6.07) is 6.48. The van der Waals surface area contributed by atoms with Crippen molar-refractivity contribution in [1.82, 2.24) is 5.32 Å². The number of hydrogen-bond donors (Lipinski definition) is 2. The molecule has 2 N–H and O–H groups in total. The zero-order valence-corrected chi connectivity index (χ0v) is 7.96. The Balaban J connectivity index is 2.28. The lowest BCUT2D eigenvalue weighted by atomic mass is 9.88. The fraction of sp³-hybridized carbons (Fsp3) is 0.455. The maximum Gasteiger partial charge on any atom is 0.148 e. The third-order valence-corrected chi connectivity index (χ3v) is 2.70. The van der Waals surface area contributed by atoms with E-state index >= 15 is 0 Å². The Bertz CT molecular complexity index is 321. The first-order chi connectivity index (χ1) is 6.71. The molecule has 14 heavy (non-hydrogen) atoms. The molecule has 1 saturated heterocycles. The Morgan fingerprint density at radius 2 is 2.29 bits per heavy atom. The maximum atomic E-state index is 14.3. The summed E-state index contributed by atoms with van der Waals surface area (Å²) in [4.78, 5) is 0. The van der Waals surface area contributed by atoms with Gasteiger partial charge in [0.15, 0.2) is 0 Å². The standard InChI is InChI=1S/C11H14FNO/c12-11(5-2-6-13-8-11)9-3-1-4-10(14)7-9/h1,3-4,7,13-14H,2,5-6,8H2. The third-order valence-electron chi connectivity index (χ3n) is 2.70. The fourth-order valence-electron chi connectivity index (χ4n) is 1.90. The quantitative estimate of drug-likeness (QED) is 0.717. The van der Waals surface area contributed by atoms with Gasteiger partial charge < -0.3 is 10.4 Å². The van der Waals surface area contributed by atoms with Crippen molar-refractivity contribution in [2.45, 2.75) is 18.5 Å². The molecule has 0 bridgehead atoms. The molecule has 0 spiro atoms. The van der Waals surface area contributed by atoms with Crippen molar-refractivity contribution < 1.29 is 9.50 Å². The zero-order valence-electron chi connectivity index (χ0n) is 7.96. The lowest BCUT2D eigenvalue weighted by Crippen LogP contribution is -2.39. The van der Waals surface area contributed by atoms with Crippen molar-refractivity contribution in [3.8, 4) is 5.75 Å². The molecule has 1 aliphatic rings. The zero-order chi connectivity index (χ0) is 10.0. The van der Waals surface area contributed by atoms with Gasteiger partial charge in [0, 0.05) is 6.54 Å². The van der Waals surface area contributed by atoms with Crippen molar-refractivity contribution in [3.63, 3.8) is 0 Å². The van der Waals surface area contributed by atoms with Gasteiger partial charge in [-0.25, -0.2) is 4.39 Å². The molecule has 1 fully saturated rings. The van der Waals surface area contributed by atoms with E-state index < -0.39 is 5.67 Å². The predicted octanol–water partition coefficient (Wildman–Crippen LogP) is 1.94. The van der Waals surface area contributed by atoms with Crippen molar-refractivity contribution in [2.75, 3.05) is 13.1 Å². The minimum Gasteiger partial charge on any atom is -0.508 e. The van der Waals surface area contributed by atoms with Crippen molar-refractivity contribution in [3.05, 3.63) is 29.8 Å². The highest BCUT2D eigenvalue weighted by molar-refractivity contribution is 5.32. The number of hydrogen-bond acceptors (Lipinski definition) is 2. The van der Waals surface area contributed by atoms with Crippen LogP contribution in [0.15, 0.2) is 24.3 Å². The number of benzene rings is 1. The second kappa shape index (κ2) is 3.58. The molecule has 76 valence electrons. The number of alkyl halides is 1. The Morgan fingerprint density at radius 1 is 1.43 bits per heavy atom. The third kappa shape index (κ3) is 1.73. The molecule has 0 aliphatic carbocycles. The number of halogens is 1. The van der Waals surface area contributed by atoms with Crippen LogP contribution >= 0.6 is 0 Å². The van der Waals surface area contributed by atoms with Gasteiger partial charge >= 0.3 is 0 Å². The van der Waals surface area contributed by atoms with E-state index in [9.17, 15) is 9.50 Å². The van der Waals surface area contributed by atoms with Gasteiger partial charge in [-0.15, -0.1) is 0 Å². The highest BCUT2D eigenvalue weighted by Gasteiger charge is 2.33. The average molecular weight is 195 g/mol. The predicted molar refractivity (Wildman–Crippen MR) is 53.0 cm³/mol. The second-order valence-electron chi connectivity index (χ2n) is 3.80. The molecule has 1 atom stereocenters. The van der Waals surface area contributed by atoms with Crippen LogP contribution in [-0.2, 0) is 5.67 Å². The molecule has 1 heterocycles. The summed E-state index contributed by atoms with van der Waals surface area (Å²) in [7, 11) is 0. The second-order valence-corrected chi connectivity index (χ2v) is 3.80. The number of aromatic hydroxyl groups is 1. The maximum absolute atomic E-state index is 14.3. The van der Waals surface area contributed by atoms with Crippen molar-refractivity contribution >= 4 is 0 Å². The Morgan fingerprint density at radius 3 is 2.93 bits per heavy atom. The van der Waals surface area contributed by atoms with E-state index in [1.165, 1.54) is 6.07 Å². The van der Waals surface area contributed by atoms with Gasteiger partial charge in [-0.2, -0.15) is 0 Å². The van der Waals surface area contributed by atoms with Crippen LogP contribution in [0.5, 0.6) is 5.75 Å². The monoisotopic (exact) mass is 195 g/mol. The van der Waals surface area contributed by atoms with Gasteiger partial charge in [-0.3, -0.25) is 0 Å². The number of phenols is 1. The molecule has 2 nitrogen and oxygen atoms in total. The number of piperidine rings is 1. The summed E-state index contributed by atoms with van der Waals surface area (Å²) >= 11 is 0. The van der Waals surface area contributed by atoms with Crippen LogP contribution in [-0.4, -0.2) is 18.2 Å². The summed E-state index contributed by atoms with van der Waals surface area (Å²) in [5, 5.41) is 12.3. The summed E-state index contributed by atoms with van der Waals surface area (Å²) in [5.41, 5.74) is -0.735. The van der Waals surface area contributed by atoms with Crippen molar-refractivity contribution in [2.24, 2.45) is 0 Å². The summed E-state index contributed by atoms with van der Waals surface area (Å²) in [6.45, 7) is 1.22. The van der Waals surface area contributed by atoms with Gasteiger partial charge in [0.25, 0.3) is 0 Å². The normalized spacial score (nSPS) is 27.5. The molecule has 0 radical (unpaired) electrons. The van der Waals surface area contributed by atoms with E-state index in [1.807, 2.05) is 0 Å². The first kappa shape index (κ1) is 9.46. The van der Waals surface area contributed by atoms with E-state index in [4.69, 9.17) is 0 Å². The van der Waals surface area contributed by atoms with E-state index in [2.05, 4.69) is 5.32 Å². The van der Waals surface area contributed by atoms with E-state index in [0.29, 0.717) is 18.5 Å². The molecule has 0 aromatic heterocycles. The summed E-state index contributed by atoms with van der Waals surface area (Å²) in [5.74, 6) is 0.130. The number of nitrogens with one attached hydrogen (secondary N) is 1. The molecular weight excluding hydrogens is 181 g/mol. The molecule has 0 amide bonds. The van der Waals surface area contributed by atoms with Gasteiger partial charge in [0.2, 0.25) is 0 Å². The lowest BCUT2D eigenvalue weighted by molar-refractivity contribution is 0.121. The van der Waals surface area contributed by atoms with Crippen LogP contribution in [0.3, 0.4) is 0 Å². The molecule has 2 rings (SSSR count). The summed E-state index contributed by atoms with van der Waals surface area (Å²) in [6.07, 6.45) is 1.37. The van der Waals surface area contributed by atoms with E-state index in [0.717, 1.165) is 13.0 Å². The Labute approximate surface area is 82.8 Å². The SMILES string of the molecule is Oc1cccc(C2(F)CCCNC2)c1. The van der Waals surface area contributed by atoms with Crippen LogP contribution in [0.1, 0.15) is 18.4 Å². The summed E-state index contributed by atoms with van der Waals surface area (Å²) < 4.78 is 14.3. The van der Waals surface area contributed by atoms with E-state index in [-0.39, 0.29) is 5.75 Å². The highest BCUT2D eigenvalue weighted by atomic mass is 19.1. The molecule has 1 unspecified atom stereocenters. The largest absolute Gasteiger partial charge is 0.508 e. The van der Waals surface area contributed by atoms with Crippen LogP contribution < -0.4 is 5.32 Å². The topological polar surface area (TPSA) is 32.3 Å².